The fraction of sp³-hybridized carbons (Fsp3) is 0.625. The van der Waals surface area contributed by atoms with E-state index in [9.17, 15) is 0 Å². The summed E-state index contributed by atoms with van der Waals surface area (Å²) in [6.07, 6.45) is 3.77. The summed E-state index contributed by atoms with van der Waals surface area (Å²) < 4.78 is 2.16. The Morgan fingerprint density at radius 1 is 1.64 bits per heavy atom. The van der Waals surface area contributed by atoms with Crippen molar-refractivity contribution in [2.24, 2.45) is 0 Å². The molecule has 0 aliphatic carbocycles. The molecule has 0 saturated heterocycles. The zero-order chi connectivity index (χ0) is 8.27. The SMILES string of the molecule is CNCc1cncn1C(C)C. The number of nitrogens with one attached hydrogen (secondary N) is 1. The van der Waals surface area contributed by atoms with Crippen LogP contribution in [0, 0.1) is 0 Å². The van der Waals surface area contributed by atoms with Gasteiger partial charge in [-0.1, -0.05) is 0 Å². The summed E-state index contributed by atoms with van der Waals surface area (Å²) in [7, 11) is 1.94. The van der Waals surface area contributed by atoms with Gasteiger partial charge in [0.25, 0.3) is 0 Å². The fourth-order valence-corrected chi connectivity index (χ4v) is 1.12. The normalized spacial score (nSPS) is 10.9. The Labute approximate surface area is 67.4 Å². The Morgan fingerprint density at radius 2 is 2.36 bits per heavy atom. The Hall–Kier alpha value is -0.830. The Kier molecular flexibility index (Phi) is 2.65. The van der Waals surface area contributed by atoms with Crippen LogP contribution in [0.15, 0.2) is 12.5 Å². The van der Waals surface area contributed by atoms with E-state index in [0.29, 0.717) is 6.04 Å². The van der Waals surface area contributed by atoms with Crippen molar-refractivity contribution in [2.75, 3.05) is 7.05 Å². The molecule has 0 aromatic carbocycles. The van der Waals surface area contributed by atoms with Crippen LogP contribution < -0.4 is 5.32 Å². The number of hydrogen-bond acceptors (Lipinski definition) is 2. The minimum Gasteiger partial charge on any atom is -0.331 e. The Morgan fingerprint density at radius 3 is 2.91 bits per heavy atom. The second-order valence-electron chi connectivity index (χ2n) is 2.92. The zero-order valence-electron chi connectivity index (χ0n) is 7.33. The van der Waals surface area contributed by atoms with E-state index >= 15 is 0 Å². The highest BCUT2D eigenvalue weighted by atomic mass is 15.1. The van der Waals surface area contributed by atoms with Gasteiger partial charge in [0.05, 0.1) is 12.0 Å². The van der Waals surface area contributed by atoms with Gasteiger partial charge in [-0.25, -0.2) is 4.98 Å². The molecule has 1 aromatic heterocycles. The zero-order valence-corrected chi connectivity index (χ0v) is 7.33. The van der Waals surface area contributed by atoms with Crippen LogP contribution in [0.4, 0.5) is 0 Å². The monoisotopic (exact) mass is 153 g/mol. The topological polar surface area (TPSA) is 29.9 Å². The predicted octanol–water partition coefficient (Wildman–Crippen LogP) is 1.18. The van der Waals surface area contributed by atoms with Gasteiger partial charge in [-0.15, -0.1) is 0 Å². The molecule has 0 aliphatic heterocycles. The van der Waals surface area contributed by atoms with E-state index in [0.717, 1.165) is 6.54 Å². The van der Waals surface area contributed by atoms with E-state index in [2.05, 4.69) is 28.7 Å². The third kappa shape index (κ3) is 1.80. The lowest BCUT2D eigenvalue weighted by Crippen LogP contribution is -2.11. The number of aromatic nitrogens is 2. The van der Waals surface area contributed by atoms with E-state index in [1.165, 1.54) is 5.69 Å². The van der Waals surface area contributed by atoms with Gasteiger partial charge in [-0.2, -0.15) is 0 Å². The molecule has 11 heavy (non-hydrogen) atoms. The molecule has 0 radical (unpaired) electrons. The highest BCUT2D eigenvalue weighted by Crippen LogP contribution is 2.07. The minimum atomic E-state index is 0.501. The lowest BCUT2D eigenvalue weighted by atomic mass is 10.3. The lowest BCUT2D eigenvalue weighted by Gasteiger charge is -2.10. The first-order chi connectivity index (χ1) is 5.25. The van der Waals surface area contributed by atoms with Crippen molar-refractivity contribution in [3.8, 4) is 0 Å². The maximum atomic E-state index is 4.08. The molecule has 3 nitrogen and oxygen atoms in total. The summed E-state index contributed by atoms with van der Waals surface area (Å²) >= 11 is 0. The van der Waals surface area contributed by atoms with Gasteiger partial charge in [-0.3, -0.25) is 0 Å². The number of hydrogen-bond donors (Lipinski definition) is 1. The average Bonchev–Trinajstić information content (AvgIpc) is 2.36. The van der Waals surface area contributed by atoms with Crippen molar-refractivity contribution in [1.29, 1.82) is 0 Å². The molecule has 1 N–H and O–H groups in total. The van der Waals surface area contributed by atoms with Crippen molar-refractivity contribution < 1.29 is 0 Å². The van der Waals surface area contributed by atoms with Crippen molar-refractivity contribution in [2.45, 2.75) is 26.4 Å². The average molecular weight is 153 g/mol. The molecule has 0 bridgehead atoms. The summed E-state index contributed by atoms with van der Waals surface area (Å²) in [6, 6.07) is 0.501. The molecule has 1 heterocycles. The molecule has 0 atom stereocenters. The van der Waals surface area contributed by atoms with Gasteiger partial charge in [0, 0.05) is 18.8 Å². The molecule has 3 heteroatoms. The lowest BCUT2D eigenvalue weighted by molar-refractivity contribution is 0.563. The summed E-state index contributed by atoms with van der Waals surface area (Å²) in [5.41, 5.74) is 1.24. The maximum absolute atomic E-state index is 4.08. The maximum Gasteiger partial charge on any atom is 0.0951 e. The summed E-state index contributed by atoms with van der Waals surface area (Å²) in [5, 5.41) is 3.10. The van der Waals surface area contributed by atoms with Crippen LogP contribution in [0.5, 0.6) is 0 Å². The second kappa shape index (κ2) is 3.53. The first kappa shape index (κ1) is 8.27. The van der Waals surface area contributed by atoms with E-state index in [1.807, 2.05) is 19.6 Å². The minimum absolute atomic E-state index is 0.501. The van der Waals surface area contributed by atoms with Crippen LogP contribution in [-0.2, 0) is 6.54 Å². The summed E-state index contributed by atoms with van der Waals surface area (Å²) in [5.74, 6) is 0. The molecule has 0 saturated carbocycles. The van der Waals surface area contributed by atoms with Crippen molar-refractivity contribution in [3.63, 3.8) is 0 Å². The van der Waals surface area contributed by atoms with Crippen LogP contribution in [0.25, 0.3) is 0 Å². The van der Waals surface area contributed by atoms with Gasteiger partial charge in [0.2, 0.25) is 0 Å². The van der Waals surface area contributed by atoms with Crippen LogP contribution in [0.3, 0.4) is 0 Å². The van der Waals surface area contributed by atoms with Gasteiger partial charge in [-0.05, 0) is 20.9 Å². The first-order valence-corrected chi connectivity index (χ1v) is 3.91. The van der Waals surface area contributed by atoms with Crippen LogP contribution >= 0.6 is 0 Å². The number of imidazole rings is 1. The molecular formula is C8H15N3. The second-order valence-corrected chi connectivity index (χ2v) is 2.92. The molecule has 1 aromatic rings. The highest BCUT2D eigenvalue weighted by Gasteiger charge is 2.02. The third-order valence-corrected chi connectivity index (χ3v) is 1.66. The fourth-order valence-electron chi connectivity index (χ4n) is 1.12. The van der Waals surface area contributed by atoms with E-state index < -0.39 is 0 Å². The first-order valence-electron chi connectivity index (χ1n) is 3.91. The highest BCUT2D eigenvalue weighted by molar-refractivity contribution is 4.98. The summed E-state index contributed by atoms with van der Waals surface area (Å²) in [6.45, 7) is 5.19. The molecule has 0 amide bonds. The van der Waals surface area contributed by atoms with Crippen LogP contribution in [0.2, 0.25) is 0 Å². The smallest absolute Gasteiger partial charge is 0.0951 e. The van der Waals surface area contributed by atoms with E-state index in [-0.39, 0.29) is 0 Å². The van der Waals surface area contributed by atoms with Gasteiger partial charge >= 0.3 is 0 Å². The Balaban J connectivity index is 2.78. The molecule has 0 unspecified atom stereocenters. The molecule has 0 fully saturated rings. The molecule has 0 spiro atoms. The van der Waals surface area contributed by atoms with Crippen molar-refractivity contribution in [3.05, 3.63) is 18.2 Å². The van der Waals surface area contributed by atoms with Gasteiger partial charge < -0.3 is 9.88 Å². The standard InChI is InChI=1S/C8H15N3/c1-7(2)11-6-10-5-8(11)4-9-3/h5-7,9H,4H2,1-3H3. The van der Waals surface area contributed by atoms with E-state index in [1.54, 1.807) is 0 Å². The summed E-state index contributed by atoms with van der Waals surface area (Å²) in [4.78, 5) is 4.08. The van der Waals surface area contributed by atoms with Crippen LogP contribution in [-0.4, -0.2) is 16.6 Å². The number of nitrogens with zero attached hydrogens (tertiary/aromatic N) is 2. The van der Waals surface area contributed by atoms with Crippen LogP contribution in [0.1, 0.15) is 25.6 Å². The quantitative estimate of drug-likeness (QED) is 0.706. The molecular weight excluding hydrogens is 138 g/mol. The molecule has 62 valence electrons. The molecule has 0 aliphatic rings. The van der Waals surface area contributed by atoms with Crippen molar-refractivity contribution >= 4 is 0 Å². The molecule has 1 rings (SSSR count). The largest absolute Gasteiger partial charge is 0.331 e. The predicted molar refractivity (Wildman–Crippen MR) is 45.4 cm³/mol. The Bertz CT molecular complexity index is 215. The third-order valence-electron chi connectivity index (χ3n) is 1.66. The van der Waals surface area contributed by atoms with E-state index in [4.69, 9.17) is 0 Å². The van der Waals surface area contributed by atoms with Crippen molar-refractivity contribution in [1.82, 2.24) is 14.9 Å². The number of rotatable bonds is 3. The van der Waals surface area contributed by atoms with Gasteiger partial charge in [0.1, 0.15) is 0 Å². The van der Waals surface area contributed by atoms with Gasteiger partial charge in [0.15, 0.2) is 0 Å².